The summed E-state index contributed by atoms with van der Waals surface area (Å²) in [5.41, 5.74) is 0.276. The third-order valence-corrected chi connectivity index (χ3v) is 6.51. The molecule has 5 N–H and O–H groups in total. The average Bonchev–Trinajstić information content (AvgIpc) is 3.04. The van der Waals surface area contributed by atoms with Gasteiger partial charge in [0.05, 0.1) is 17.1 Å². The molecule has 1 aromatic carbocycles. The average molecular weight is 502 g/mol. The lowest BCUT2D eigenvalue weighted by Crippen LogP contribution is -2.62. The van der Waals surface area contributed by atoms with Crippen LogP contribution in [0.4, 0.5) is 0 Å². The van der Waals surface area contributed by atoms with Gasteiger partial charge < -0.3 is 39.7 Å². The van der Waals surface area contributed by atoms with E-state index in [1.165, 1.54) is 12.1 Å². The van der Waals surface area contributed by atoms with Crippen LogP contribution < -0.4 is 0 Å². The van der Waals surface area contributed by atoms with Gasteiger partial charge in [0.25, 0.3) is 0 Å². The summed E-state index contributed by atoms with van der Waals surface area (Å²) in [7, 11) is 0. The van der Waals surface area contributed by atoms with Crippen LogP contribution in [0.25, 0.3) is 0 Å². The Balaban J connectivity index is 1.82. The van der Waals surface area contributed by atoms with E-state index in [9.17, 15) is 30.3 Å². The fraction of sp³-hybridized carbons (Fsp3) is 0.632. The van der Waals surface area contributed by atoms with Gasteiger partial charge in [-0.2, -0.15) is 0 Å². The van der Waals surface area contributed by atoms with Crippen molar-refractivity contribution >= 4 is 40.6 Å². The number of aliphatic hydroxyl groups excluding tert-OH is 5. The highest BCUT2D eigenvalue weighted by atomic mass is 35.5. The number of alkyl halides is 3. The van der Waals surface area contributed by atoms with Gasteiger partial charge in [-0.1, -0.05) is 30.3 Å². The quantitative estimate of drug-likeness (QED) is 0.317. The summed E-state index contributed by atoms with van der Waals surface area (Å²) in [6.07, 6.45) is -12.5. The molecule has 0 radical (unpaired) electrons. The molecule has 2 aliphatic rings. The van der Waals surface area contributed by atoms with E-state index >= 15 is 0 Å². The maximum absolute atomic E-state index is 12.8. The molecule has 10 atom stereocenters. The number of carbonyl (C=O) groups is 1. The summed E-state index contributed by atoms with van der Waals surface area (Å²) in [5.74, 6) is -3.62. The molecule has 0 spiro atoms. The number of hydrogen-bond donors (Lipinski definition) is 5. The fourth-order valence-electron chi connectivity index (χ4n) is 3.52. The van der Waals surface area contributed by atoms with Crippen LogP contribution >= 0.6 is 34.8 Å². The van der Waals surface area contributed by atoms with Crippen LogP contribution in [0.5, 0.6) is 0 Å². The third kappa shape index (κ3) is 4.73. The minimum absolute atomic E-state index is 0.189. The molecular formula is C19H23Cl3O9. The Kier molecular flexibility index (Phi) is 8.21. The number of ketones is 1. The van der Waals surface area contributed by atoms with Crippen LogP contribution in [-0.4, -0.2) is 97.2 Å². The van der Waals surface area contributed by atoms with Crippen molar-refractivity contribution in [1.29, 1.82) is 0 Å². The van der Waals surface area contributed by atoms with Crippen LogP contribution in [0.15, 0.2) is 30.3 Å². The van der Waals surface area contributed by atoms with Gasteiger partial charge in [-0.25, -0.2) is 0 Å². The number of benzene rings is 1. The molecule has 1 unspecified atom stereocenters. The normalized spacial score (nSPS) is 41.8. The van der Waals surface area contributed by atoms with Crippen LogP contribution in [0, 0.1) is 0 Å². The monoisotopic (exact) mass is 500 g/mol. The zero-order valence-electron chi connectivity index (χ0n) is 16.0. The number of aliphatic hydroxyl groups is 5. The first-order valence-electron chi connectivity index (χ1n) is 9.43. The molecule has 9 nitrogen and oxygen atoms in total. The summed E-state index contributed by atoms with van der Waals surface area (Å²) in [4.78, 5) is 12.8. The molecule has 2 aliphatic heterocycles. The maximum atomic E-state index is 12.8. The van der Waals surface area contributed by atoms with E-state index in [-0.39, 0.29) is 11.4 Å². The molecule has 0 aliphatic carbocycles. The zero-order valence-corrected chi connectivity index (χ0v) is 18.3. The first kappa shape index (κ1) is 25.1. The fourth-order valence-corrected chi connectivity index (χ4v) is 4.39. The minimum Gasteiger partial charge on any atom is -0.389 e. The summed E-state index contributed by atoms with van der Waals surface area (Å²) < 4.78 is 16.5. The topological polar surface area (TPSA) is 146 Å². The molecule has 0 bridgehead atoms. The van der Waals surface area contributed by atoms with Gasteiger partial charge in [-0.05, 0) is 5.56 Å². The molecule has 2 fully saturated rings. The second-order valence-electron chi connectivity index (χ2n) is 7.38. The molecule has 2 heterocycles. The predicted molar refractivity (Wildman–Crippen MR) is 109 cm³/mol. The second-order valence-corrected chi connectivity index (χ2v) is 8.46. The maximum Gasteiger partial charge on any atom is 0.214 e. The van der Waals surface area contributed by atoms with Crippen LogP contribution in [0.2, 0.25) is 0 Å². The third-order valence-electron chi connectivity index (χ3n) is 5.35. The van der Waals surface area contributed by atoms with Crippen molar-refractivity contribution in [3.8, 4) is 0 Å². The molecular weight excluding hydrogens is 479 g/mol. The first-order valence-corrected chi connectivity index (χ1v) is 10.9. The van der Waals surface area contributed by atoms with Gasteiger partial charge in [0.2, 0.25) is 5.79 Å². The summed E-state index contributed by atoms with van der Waals surface area (Å²) in [6, 6.07) is 7.99. The van der Waals surface area contributed by atoms with Crippen LogP contribution in [-0.2, 0) is 19.0 Å². The predicted octanol–water partition coefficient (Wildman–Crippen LogP) is -0.346. The van der Waals surface area contributed by atoms with E-state index in [0.29, 0.717) is 0 Å². The molecule has 3 rings (SSSR count). The smallest absolute Gasteiger partial charge is 0.214 e. The van der Waals surface area contributed by atoms with Crippen molar-refractivity contribution in [2.45, 2.75) is 60.2 Å². The lowest BCUT2D eigenvalue weighted by molar-refractivity contribution is -0.353. The standard InChI is InChI=1S/C19H23Cl3O9/c20-6-9-12(24)17(28)19(7-21,30-9)31-18-15(27)13(25)10(22)16(29-18)14(26)11(23)8-4-2-1-3-5-8/h1-5,9-13,15-18,23-25,27-28H,6-7H2/t9-,10-,11?,12-,13+,15-,16+,17+,18+,19-/m1/s1. The number of hydrogen-bond acceptors (Lipinski definition) is 9. The van der Waals surface area contributed by atoms with Crippen molar-refractivity contribution in [3.63, 3.8) is 0 Å². The number of Topliss-reactive ketones (excluding diaryl/α,β-unsaturated/α-hetero) is 1. The Morgan fingerprint density at radius 3 is 2.29 bits per heavy atom. The van der Waals surface area contributed by atoms with Gasteiger partial charge in [-0.15, -0.1) is 34.8 Å². The van der Waals surface area contributed by atoms with E-state index in [4.69, 9.17) is 49.0 Å². The lowest BCUT2D eigenvalue weighted by atomic mass is 9.94. The van der Waals surface area contributed by atoms with Crippen LogP contribution in [0.3, 0.4) is 0 Å². The van der Waals surface area contributed by atoms with E-state index < -0.39 is 71.8 Å². The molecule has 174 valence electrons. The first-order chi connectivity index (χ1) is 14.7. The van der Waals surface area contributed by atoms with Crippen molar-refractivity contribution in [2.75, 3.05) is 11.8 Å². The number of halogens is 3. The number of rotatable bonds is 7. The molecule has 0 aromatic heterocycles. The molecule has 1 aromatic rings. The second kappa shape index (κ2) is 10.1. The van der Waals surface area contributed by atoms with Crippen LogP contribution in [0.1, 0.15) is 11.7 Å². The highest BCUT2D eigenvalue weighted by molar-refractivity contribution is 6.23. The van der Waals surface area contributed by atoms with Crippen molar-refractivity contribution in [1.82, 2.24) is 0 Å². The molecule has 0 saturated carbocycles. The molecule has 31 heavy (non-hydrogen) atoms. The highest BCUT2D eigenvalue weighted by Crippen LogP contribution is 2.38. The number of ether oxygens (including phenoxy) is 3. The highest BCUT2D eigenvalue weighted by Gasteiger charge is 2.58. The van der Waals surface area contributed by atoms with Crippen molar-refractivity contribution in [2.24, 2.45) is 0 Å². The van der Waals surface area contributed by atoms with Gasteiger partial charge in [0, 0.05) is 0 Å². The Labute approximate surface area is 193 Å². The van der Waals surface area contributed by atoms with E-state index in [0.717, 1.165) is 0 Å². The number of carbonyl (C=O) groups excluding carboxylic acids is 1. The van der Waals surface area contributed by atoms with E-state index in [1.807, 2.05) is 0 Å². The Morgan fingerprint density at radius 1 is 1.10 bits per heavy atom. The SMILES string of the molecule is O=C(C(O)c1ccccc1)[C@H]1O[C@@H](O[C@@]2(CCl)O[C@H](CCl)[C@@H](O)[C@@H]2O)[C@H](O)[C@@H](O)[C@H]1Cl. The summed E-state index contributed by atoms with van der Waals surface area (Å²) >= 11 is 17.7. The lowest BCUT2D eigenvalue weighted by Gasteiger charge is -2.43. The van der Waals surface area contributed by atoms with Gasteiger partial charge in [0.1, 0.15) is 42.7 Å². The van der Waals surface area contributed by atoms with E-state index in [1.54, 1.807) is 18.2 Å². The Bertz CT molecular complexity index is 756. The minimum atomic E-state index is -2.04. The summed E-state index contributed by atoms with van der Waals surface area (Å²) in [5, 5.41) is 50.2. The van der Waals surface area contributed by atoms with E-state index in [2.05, 4.69) is 0 Å². The van der Waals surface area contributed by atoms with Gasteiger partial charge >= 0.3 is 0 Å². The molecule has 2 saturated heterocycles. The summed E-state index contributed by atoms with van der Waals surface area (Å²) in [6.45, 7) is 0. The Hall–Kier alpha value is -0.560. The zero-order chi connectivity index (χ0) is 22.9. The molecule has 12 heteroatoms. The largest absolute Gasteiger partial charge is 0.389 e. The van der Waals surface area contributed by atoms with Crippen molar-refractivity contribution in [3.05, 3.63) is 35.9 Å². The van der Waals surface area contributed by atoms with Gasteiger partial charge in [0.15, 0.2) is 12.1 Å². The molecule has 0 amide bonds. The Morgan fingerprint density at radius 2 is 1.74 bits per heavy atom. The van der Waals surface area contributed by atoms with Crippen molar-refractivity contribution < 1.29 is 44.5 Å². The van der Waals surface area contributed by atoms with Gasteiger partial charge in [-0.3, -0.25) is 4.79 Å².